The van der Waals surface area contributed by atoms with E-state index in [-0.39, 0.29) is 11.4 Å². The third-order valence-corrected chi connectivity index (χ3v) is 6.64. The fraction of sp³-hybridized carbons (Fsp3) is 0.800. The molecule has 1 N–H and O–H groups in total. The van der Waals surface area contributed by atoms with Crippen molar-refractivity contribution in [1.29, 1.82) is 0 Å². The minimum absolute atomic E-state index is 0.0583. The van der Waals surface area contributed by atoms with Crippen LogP contribution in [0.4, 0.5) is 0 Å². The van der Waals surface area contributed by atoms with Crippen molar-refractivity contribution in [3.63, 3.8) is 0 Å². The van der Waals surface area contributed by atoms with E-state index in [4.69, 9.17) is 4.74 Å². The minimum atomic E-state index is -0.0583. The number of carbonyl (C=O) groups is 1. The molecular formula is C20H33N5O2. The van der Waals surface area contributed by atoms with Gasteiger partial charge >= 0.3 is 0 Å². The number of rotatable bonds is 4. The van der Waals surface area contributed by atoms with Crippen LogP contribution in [0.15, 0.2) is 0 Å². The highest BCUT2D eigenvalue weighted by molar-refractivity contribution is 5.94. The van der Waals surface area contributed by atoms with E-state index in [1.807, 2.05) is 11.6 Å². The molecule has 0 atom stereocenters. The van der Waals surface area contributed by atoms with E-state index in [0.717, 1.165) is 57.1 Å². The van der Waals surface area contributed by atoms with Crippen LogP contribution in [-0.4, -0.2) is 77.4 Å². The molecule has 0 bridgehead atoms. The van der Waals surface area contributed by atoms with Gasteiger partial charge in [-0.15, -0.1) is 0 Å². The number of amides is 1. The number of hydrogen-bond donors (Lipinski definition) is 1. The van der Waals surface area contributed by atoms with Crippen molar-refractivity contribution in [2.45, 2.75) is 57.5 Å². The van der Waals surface area contributed by atoms with Crippen molar-refractivity contribution in [2.24, 2.45) is 0 Å². The average molecular weight is 376 g/mol. The maximum atomic E-state index is 12.9. The number of carbonyl (C=O) groups excluding carboxylic acids is 1. The molecule has 0 aromatic carbocycles. The predicted molar refractivity (Wildman–Crippen MR) is 104 cm³/mol. The molecule has 2 aliphatic heterocycles. The van der Waals surface area contributed by atoms with Gasteiger partial charge in [-0.3, -0.25) is 9.69 Å². The van der Waals surface area contributed by atoms with E-state index in [1.54, 1.807) is 0 Å². The van der Waals surface area contributed by atoms with Crippen molar-refractivity contribution < 1.29 is 9.53 Å². The van der Waals surface area contributed by atoms with Gasteiger partial charge in [-0.05, 0) is 26.8 Å². The molecule has 7 nitrogen and oxygen atoms in total. The topological polar surface area (TPSA) is 62.6 Å². The molecule has 0 radical (unpaired) electrons. The SMILES string of the molecule is Cc1c(C(=O)NCC2(N3CCN(C)CC3)CCCCC2)nn2c1OCCC2. The maximum Gasteiger partial charge on any atom is 0.272 e. The van der Waals surface area contributed by atoms with Gasteiger partial charge in [-0.25, -0.2) is 4.68 Å². The van der Waals surface area contributed by atoms with Gasteiger partial charge in [0, 0.05) is 56.8 Å². The van der Waals surface area contributed by atoms with Crippen LogP contribution < -0.4 is 10.1 Å². The second kappa shape index (κ2) is 7.80. The number of nitrogens with zero attached hydrogens (tertiary/aromatic N) is 4. The number of likely N-dealkylation sites (N-methyl/N-ethyl adjacent to an activating group) is 1. The van der Waals surface area contributed by atoms with E-state index >= 15 is 0 Å². The van der Waals surface area contributed by atoms with Crippen molar-refractivity contribution in [3.8, 4) is 5.88 Å². The Morgan fingerprint density at radius 2 is 1.85 bits per heavy atom. The summed E-state index contributed by atoms with van der Waals surface area (Å²) < 4.78 is 7.55. The van der Waals surface area contributed by atoms with Crippen LogP contribution in [-0.2, 0) is 6.54 Å². The van der Waals surface area contributed by atoms with Crippen molar-refractivity contribution in [2.75, 3.05) is 46.4 Å². The molecule has 1 saturated heterocycles. The fourth-order valence-corrected chi connectivity index (χ4v) is 4.89. The van der Waals surface area contributed by atoms with E-state index in [1.165, 1.54) is 32.1 Å². The third kappa shape index (κ3) is 3.72. The van der Waals surface area contributed by atoms with Gasteiger partial charge in [0.05, 0.1) is 6.61 Å². The molecule has 0 unspecified atom stereocenters. The summed E-state index contributed by atoms with van der Waals surface area (Å²) in [6.45, 7) is 8.61. The highest BCUT2D eigenvalue weighted by Crippen LogP contribution is 2.34. The zero-order chi connectivity index (χ0) is 18.9. The molecule has 1 aromatic heterocycles. The van der Waals surface area contributed by atoms with Gasteiger partial charge in [0.15, 0.2) is 5.69 Å². The van der Waals surface area contributed by atoms with Crippen LogP contribution in [0.25, 0.3) is 0 Å². The number of piperazine rings is 1. The van der Waals surface area contributed by atoms with Crippen LogP contribution >= 0.6 is 0 Å². The molecule has 1 amide bonds. The summed E-state index contributed by atoms with van der Waals surface area (Å²) >= 11 is 0. The molecule has 3 heterocycles. The van der Waals surface area contributed by atoms with E-state index in [2.05, 4.69) is 27.3 Å². The van der Waals surface area contributed by atoms with Crippen LogP contribution in [0.1, 0.15) is 54.6 Å². The second-order valence-corrected chi connectivity index (χ2v) is 8.46. The Morgan fingerprint density at radius 1 is 1.11 bits per heavy atom. The monoisotopic (exact) mass is 375 g/mol. The number of aryl methyl sites for hydroxylation is 1. The van der Waals surface area contributed by atoms with Crippen molar-refractivity contribution in [1.82, 2.24) is 24.9 Å². The normalized spacial score (nSPS) is 23.5. The first-order valence-electron chi connectivity index (χ1n) is 10.5. The Labute approximate surface area is 162 Å². The zero-order valence-electron chi connectivity index (χ0n) is 16.8. The van der Waals surface area contributed by atoms with E-state index in [0.29, 0.717) is 12.3 Å². The van der Waals surface area contributed by atoms with Gasteiger partial charge in [-0.2, -0.15) is 5.10 Å². The number of ether oxygens (including phenoxy) is 1. The summed E-state index contributed by atoms with van der Waals surface area (Å²) in [5, 5.41) is 7.76. The lowest BCUT2D eigenvalue weighted by atomic mass is 9.79. The Hall–Kier alpha value is -1.60. The fourth-order valence-electron chi connectivity index (χ4n) is 4.89. The minimum Gasteiger partial charge on any atom is -0.478 e. The average Bonchev–Trinajstić information content (AvgIpc) is 3.04. The van der Waals surface area contributed by atoms with Gasteiger partial charge in [-0.1, -0.05) is 19.3 Å². The van der Waals surface area contributed by atoms with Gasteiger partial charge < -0.3 is 15.0 Å². The van der Waals surface area contributed by atoms with Gasteiger partial charge in [0.1, 0.15) is 0 Å². The number of aromatic nitrogens is 2. The van der Waals surface area contributed by atoms with Crippen LogP contribution in [0.3, 0.4) is 0 Å². The van der Waals surface area contributed by atoms with Crippen LogP contribution in [0.2, 0.25) is 0 Å². The first kappa shape index (κ1) is 18.7. The lowest BCUT2D eigenvalue weighted by Gasteiger charge is -2.49. The number of hydrogen-bond acceptors (Lipinski definition) is 5. The molecule has 150 valence electrons. The number of fused-ring (bicyclic) bond motifs is 1. The molecule has 3 aliphatic rings. The molecule has 1 aromatic rings. The lowest BCUT2D eigenvalue weighted by molar-refractivity contribution is 0.0138. The summed E-state index contributed by atoms with van der Waals surface area (Å²) in [7, 11) is 2.19. The predicted octanol–water partition coefficient (Wildman–Crippen LogP) is 1.65. The Bertz CT molecular complexity index is 672. The highest BCUT2D eigenvalue weighted by Gasteiger charge is 2.39. The van der Waals surface area contributed by atoms with Gasteiger partial charge in [0.25, 0.3) is 5.91 Å². The molecule has 1 aliphatic carbocycles. The first-order chi connectivity index (χ1) is 13.1. The highest BCUT2D eigenvalue weighted by atomic mass is 16.5. The maximum absolute atomic E-state index is 12.9. The van der Waals surface area contributed by atoms with Crippen molar-refractivity contribution >= 4 is 5.91 Å². The molecule has 4 rings (SSSR count). The van der Waals surface area contributed by atoms with E-state index < -0.39 is 0 Å². The standard InChI is InChI=1S/C20H33N5O2/c1-16-17(22-25-9-6-14-27-19(16)25)18(26)21-15-20(7-4-3-5-8-20)24-12-10-23(2)11-13-24/h3-15H2,1-2H3,(H,21,26). The van der Waals surface area contributed by atoms with Gasteiger partial charge in [0.2, 0.25) is 5.88 Å². The quantitative estimate of drug-likeness (QED) is 0.867. The summed E-state index contributed by atoms with van der Waals surface area (Å²) in [4.78, 5) is 18.0. The third-order valence-electron chi connectivity index (χ3n) is 6.64. The summed E-state index contributed by atoms with van der Waals surface area (Å²) in [5.74, 6) is 0.704. The summed E-state index contributed by atoms with van der Waals surface area (Å²) in [6.07, 6.45) is 7.13. The largest absolute Gasteiger partial charge is 0.478 e. The zero-order valence-corrected chi connectivity index (χ0v) is 16.8. The lowest BCUT2D eigenvalue weighted by Crippen LogP contribution is -2.61. The van der Waals surface area contributed by atoms with Crippen molar-refractivity contribution in [3.05, 3.63) is 11.3 Å². The smallest absolute Gasteiger partial charge is 0.272 e. The Balaban J connectivity index is 1.46. The first-order valence-corrected chi connectivity index (χ1v) is 10.5. The summed E-state index contributed by atoms with van der Waals surface area (Å²) in [6, 6.07) is 0. The van der Waals surface area contributed by atoms with E-state index in [9.17, 15) is 4.79 Å². The second-order valence-electron chi connectivity index (χ2n) is 8.46. The molecule has 2 fully saturated rings. The Morgan fingerprint density at radius 3 is 2.56 bits per heavy atom. The summed E-state index contributed by atoms with van der Waals surface area (Å²) in [5.41, 5.74) is 1.50. The van der Waals surface area contributed by atoms with Crippen LogP contribution in [0, 0.1) is 6.92 Å². The molecule has 27 heavy (non-hydrogen) atoms. The molecular weight excluding hydrogens is 342 g/mol. The number of nitrogens with one attached hydrogen (secondary N) is 1. The molecule has 1 saturated carbocycles. The molecule has 0 spiro atoms. The van der Waals surface area contributed by atoms with Crippen LogP contribution in [0.5, 0.6) is 5.88 Å². The molecule has 7 heteroatoms. The Kier molecular flexibility index (Phi) is 5.41.